The molecule has 1 fully saturated rings. The van der Waals surface area contributed by atoms with E-state index in [1.54, 1.807) is 23.4 Å². The molecule has 1 atom stereocenters. The first-order chi connectivity index (χ1) is 12.7. The van der Waals surface area contributed by atoms with Crippen LogP contribution < -0.4 is 9.64 Å². The van der Waals surface area contributed by atoms with E-state index in [9.17, 15) is 4.79 Å². The molecule has 6 nitrogen and oxygen atoms in total. The maximum atomic E-state index is 13.1. The Balaban J connectivity index is 1.58. The Hall–Kier alpha value is -2.18. The molecule has 1 unspecified atom stereocenters. The van der Waals surface area contributed by atoms with Gasteiger partial charge in [0.25, 0.3) is 0 Å². The van der Waals surface area contributed by atoms with Crippen LogP contribution in [0.15, 0.2) is 30.6 Å². The van der Waals surface area contributed by atoms with Crippen LogP contribution in [0.3, 0.4) is 0 Å². The Morgan fingerprint density at radius 1 is 1.31 bits per heavy atom. The molecule has 4 rings (SSSR count). The highest BCUT2D eigenvalue weighted by molar-refractivity contribution is 6.30. The average molecular weight is 374 g/mol. The molecule has 3 heterocycles. The summed E-state index contributed by atoms with van der Waals surface area (Å²) in [6.45, 7) is 1.88. The molecule has 0 bridgehead atoms. The van der Waals surface area contributed by atoms with Crippen molar-refractivity contribution in [2.24, 2.45) is 0 Å². The second kappa shape index (κ2) is 7.60. The molecule has 1 amide bonds. The molecule has 1 aromatic carbocycles. The number of carbonyl (C=O) groups excluding carboxylic acids is 1. The lowest BCUT2D eigenvalue weighted by molar-refractivity contribution is -0.118. The van der Waals surface area contributed by atoms with Crippen LogP contribution in [0.25, 0.3) is 0 Å². The van der Waals surface area contributed by atoms with Crippen molar-refractivity contribution in [2.45, 2.75) is 31.8 Å². The van der Waals surface area contributed by atoms with Crippen molar-refractivity contribution in [3.05, 3.63) is 46.7 Å². The zero-order valence-corrected chi connectivity index (χ0v) is 15.1. The predicted octanol–water partition coefficient (Wildman–Crippen LogP) is 2.82. The van der Waals surface area contributed by atoms with Gasteiger partial charge < -0.3 is 14.4 Å². The summed E-state index contributed by atoms with van der Waals surface area (Å²) in [7, 11) is 0. The van der Waals surface area contributed by atoms with Crippen molar-refractivity contribution in [3.8, 4) is 5.75 Å². The van der Waals surface area contributed by atoms with E-state index >= 15 is 0 Å². The Bertz CT molecular complexity index is 794. The Morgan fingerprint density at radius 3 is 3.00 bits per heavy atom. The van der Waals surface area contributed by atoms with Gasteiger partial charge in [0.2, 0.25) is 5.91 Å². The molecule has 0 saturated carbocycles. The summed E-state index contributed by atoms with van der Waals surface area (Å²) in [6, 6.07) is 5.52. The number of hydrogen-bond donors (Lipinski definition) is 0. The van der Waals surface area contributed by atoms with Crippen molar-refractivity contribution in [3.63, 3.8) is 0 Å². The summed E-state index contributed by atoms with van der Waals surface area (Å²) in [6.07, 6.45) is 6.27. The molecule has 1 saturated heterocycles. The smallest absolute Gasteiger partial charge is 0.231 e. The molecule has 0 aliphatic carbocycles. The van der Waals surface area contributed by atoms with Crippen molar-refractivity contribution >= 4 is 23.2 Å². The third-order valence-corrected chi connectivity index (χ3v) is 4.98. The van der Waals surface area contributed by atoms with Crippen molar-refractivity contribution < 1.29 is 14.3 Å². The summed E-state index contributed by atoms with van der Waals surface area (Å²) < 4.78 is 11.5. The monoisotopic (exact) mass is 373 g/mol. The van der Waals surface area contributed by atoms with E-state index in [0.29, 0.717) is 18.2 Å². The minimum Gasteiger partial charge on any atom is -0.493 e. The van der Waals surface area contributed by atoms with Crippen LogP contribution in [0, 0.1) is 0 Å². The second-order valence-corrected chi connectivity index (χ2v) is 7.00. The number of amides is 1. The first-order valence-corrected chi connectivity index (χ1v) is 9.21. The zero-order chi connectivity index (χ0) is 17.9. The van der Waals surface area contributed by atoms with Crippen LogP contribution in [0.1, 0.15) is 24.0 Å². The third-order valence-electron chi connectivity index (χ3n) is 4.76. The van der Waals surface area contributed by atoms with Crippen LogP contribution in [0.2, 0.25) is 5.02 Å². The number of ether oxygens (including phenoxy) is 2. The molecule has 2 aliphatic rings. The maximum Gasteiger partial charge on any atom is 0.231 e. The van der Waals surface area contributed by atoms with Crippen LogP contribution in [-0.2, 0) is 22.4 Å². The standard InChI is InChI=1S/C19H20ClN3O3/c20-15-8-13-4-7-26-19(13)14(9-15)10-18(24)23(12-17-2-1-6-25-17)16-3-5-21-22-11-16/h3,5,8-9,11,17H,1-2,4,6-7,10,12H2. The summed E-state index contributed by atoms with van der Waals surface area (Å²) in [4.78, 5) is 14.9. The van der Waals surface area contributed by atoms with E-state index in [1.807, 2.05) is 12.1 Å². The van der Waals surface area contributed by atoms with Crippen LogP contribution in [0.5, 0.6) is 5.75 Å². The molecule has 7 heteroatoms. The molecule has 2 aromatic rings. The number of carbonyl (C=O) groups is 1. The molecule has 0 radical (unpaired) electrons. The van der Waals surface area contributed by atoms with Gasteiger partial charge in [0, 0.05) is 23.6 Å². The van der Waals surface area contributed by atoms with E-state index in [0.717, 1.165) is 48.4 Å². The molecule has 26 heavy (non-hydrogen) atoms. The predicted molar refractivity (Wildman–Crippen MR) is 97.7 cm³/mol. The summed E-state index contributed by atoms with van der Waals surface area (Å²) >= 11 is 6.23. The maximum absolute atomic E-state index is 13.1. The van der Waals surface area contributed by atoms with Gasteiger partial charge in [-0.25, -0.2) is 0 Å². The third kappa shape index (κ3) is 3.66. The van der Waals surface area contributed by atoms with E-state index in [2.05, 4.69) is 10.2 Å². The molecular weight excluding hydrogens is 354 g/mol. The Labute approximate surface area is 157 Å². The summed E-state index contributed by atoms with van der Waals surface area (Å²) in [5.74, 6) is 0.765. The number of benzene rings is 1. The fraction of sp³-hybridized carbons (Fsp3) is 0.421. The quantitative estimate of drug-likeness (QED) is 0.806. The van der Waals surface area contributed by atoms with E-state index < -0.39 is 0 Å². The molecule has 136 valence electrons. The first-order valence-electron chi connectivity index (χ1n) is 8.83. The van der Waals surface area contributed by atoms with E-state index in [1.165, 1.54) is 0 Å². The molecule has 0 N–H and O–H groups in total. The van der Waals surface area contributed by atoms with Crippen LogP contribution >= 0.6 is 11.6 Å². The topological polar surface area (TPSA) is 64.5 Å². The van der Waals surface area contributed by atoms with Gasteiger partial charge in [-0.3, -0.25) is 4.79 Å². The van der Waals surface area contributed by atoms with Crippen molar-refractivity contribution in [2.75, 3.05) is 24.7 Å². The van der Waals surface area contributed by atoms with Crippen LogP contribution in [-0.4, -0.2) is 42.0 Å². The largest absolute Gasteiger partial charge is 0.493 e. The summed E-state index contributed by atoms with van der Waals surface area (Å²) in [5.41, 5.74) is 2.62. The number of rotatable bonds is 5. The fourth-order valence-electron chi connectivity index (χ4n) is 3.52. The van der Waals surface area contributed by atoms with Gasteiger partial charge >= 0.3 is 0 Å². The number of hydrogen-bond acceptors (Lipinski definition) is 5. The number of nitrogens with zero attached hydrogens (tertiary/aromatic N) is 3. The highest BCUT2D eigenvalue weighted by atomic mass is 35.5. The van der Waals surface area contributed by atoms with Gasteiger partial charge in [-0.05, 0) is 36.6 Å². The SMILES string of the molecule is O=C(Cc1cc(Cl)cc2c1OCC2)N(CC1CCCO1)c1ccnnc1. The fourth-order valence-corrected chi connectivity index (χ4v) is 3.79. The molecular formula is C19H20ClN3O3. The van der Waals surface area contributed by atoms with Gasteiger partial charge in [0.15, 0.2) is 0 Å². The van der Waals surface area contributed by atoms with Gasteiger partial charge in [-0.2, -0.15) is 10.2 Å². The van der Waals surface area contributed by atoms with Crippen molar-refractivity contribution in [1.29, 1.82) is 0 Å². The number of halogens is 1. The normalized spacial score (nSPS) is 18.4. The van der Waals surface area contributed by atoms with Gasteiger partial charge in [0.1, 0.15) is 5.75 Å². The Kier molecular flexibility index (Phi) is 5.04. The van der Waals surface area contributed by atoms with Gasteiger partial charge in [0.05, 0.1) is 43.8 Å². The average Bonchev–Trinajstić information content (AvgIpc) is 3.31. The number of anilines is 1. The van der Waals surface area contributed by atoms with Gasteiger partial charge in [-0.1, -0.05) is 11.6 Å². The van der Waals surface area contributed by atoms with E-state index in [-0.39, 0.29) is 18.4 Å². The summed E-state index contributed by atoms with van der Waals surface area (Å²) in [5, 5.41) is 8.35. The molecule has 2 aliphatic heterocycles. The van der Waals surface area contributed by atoms with Crippen molar-refractivity contribution in [1.82, 2.24) is 10.2 Å². The lowest BCUT2D eigenvalue weighted by Crippen LogP contribution is -2.38. The molecule has 0 spiro atoms. The lowest BCUT2D eigenvalue weighted by Gasteiger charge is -2.25. The number of aromatic nitrogens is 2. The second-order valence-electron chi connectivity index (χ2n) is 6.57. The van der Waals surface area contributed by atoms with Gasteiger partial charge in [-0.15, -0.1) is 0 Å². The minimum absolute atomic E-state index is 0.0338. The Morgan fingerprint density at radius 2 is 2.23 bits per heavy atom. The zero-order valence-electron chi connectivity index (χ0n) is 14.4. The lowest BCUT2D eigenvalue weighted by atomic mass is 10.0. The first kappa shape index (κ1) is 17.2. The highest BCUT2D eigenvalue weighted by Crippen LogP contribution is 2.33. The minimum atomic E-state index is -0.0338. The number of fused-ring (bicyclic) bond motifs is 1. The highest BCUT2D eigenvalue weighted by Gasteiger charge is 2.26. The molecule has 1 aromatic heterocycles. The van der Waals surface area contributed by atoms with E-state index in [4.69, 9.17) is 21.1 Å². The van der Waals surface area contributed by atoms with Crippen LogP contribution in [0.4, 0.5) is 5.69 Å².